The van der Waals surface area contributed by atoms with Gasteiger partial charge >= 0.3 is 11.9 Å². The predicted octanol–water partition coefficient (Wildman–Crippen LogP) is 12.8. The molecule has 0 saturated carbocycles. The molecular weight excluding hydrogens is 853 g/mol. The third-order valence-corrected chi connectivity index (χ3v) is 11.1. The Kier molecular flexibility index (Phi) is 15.9. The number of hydrogen-bond donors (Lipinski definition) is 2. The van der Waals surface area contributed by atoms with Crippen molar-refractivity contribution in [2.75, 3.05) is 36.2 Å². The number of benzene rings is 8. The molecule has 8 aromatic carbocycles. The van der Waals surface area contributed by atoms with Crippen molar-refractivity contribution in [3.63, 3.8) is 0 Å². The SMILES string of the molecule is O=C(CCc1ccc(N(c2ccc(Oc3ccccc3)cc2)c2ccc(-c3ccc(N(c4ccc(CCC(=O)OCCO)cc4)c4ccc(Oc5ccccc5)cc4)cc3)cc2)cc1)OCCO. The van der Waals surface area contributed by atoms with Gasteiger partial charge in [0.05, 0.1) is 13.2 Å². The Morgan fingerprint density at radius 2 is 0.632 bits per heavy atom. The molecule has 68 heavy (non-hydrogen) atoms. The van der Waals surface area contributed by atoms with Crippen molar-refractivity contribution in [3.05, 3.63) is 217 Å². The lowest BCUT2D eigenvalue weighted by molar-refractivity contribution is -0.145. The molecule has 342 valence electrons. The predicted molar refractivity (Wildman–Crippen MR) is 267 cm³/mol. The Balaban J connectivity index is 1.04. The highest BCUT2D eigenvalue weighted by Crippen LogP contribution is 2.40. The highest BCUT2D eigenvalue weighted by molar-refractivity contribution is 5.81. The second kappa shape index (κ2) is 23.3. The summed E-state index contributed by atoms with van der Waals surface area (Å²) in [5.74, 6) is 2.29. The normalized spacial score (nSPS) is 10.8. The maximum Gasteiger partial charge on any atom is 0.306 e. The Bertz CT molecular complexity index is 2610. The number of anilines is 6. The number of carbonyl (C=O) groups excluding carboxylic acids is 2. The maximum atomic E-state index is 12.1. The van der Waals surface area contributed by atoms with Gasteiger partial charge in [-0.25, -0.2) is 0 Å². The van der Waals surface area contributed by atoms with E-state index in [0.717, 1.165) is 79.4 Å². The number of aliphatic hydroxyl groups excluding tert-OH is 2. The third-order valence-electron chi connectivity index (χ3n) is 11.1. The molecule has 0 heterocycles. The van der Waals surface area contributed by atoms with Gasteiger partial charge in [0.2, 0.25) is 0 Å². The first kappa shape index (κ1) is 46.4. The van der Waals surface area contributed by atoms with Crippen LogP contribution in [0.15, 0.2) is 206 Å². The van der Waals surface area contributed by atoms with Crippen molar-refractivity contribution < 1.29 is 38.7 Å². The number of ether oxygens (including phenoxy) is 4. The Morgan fingerprint density at radius 1 is 0.353 bits per heavy atom. The topological polar surface area (TPSA) is 118 Å². The number of para-hydroxylation sites is 2. The molecular formula is C58H52N2O8. The van der Waals surface area contributed by atoms with Crippen LogP contribution in [0.3, 0.4) is 0 Å². The number of nitrogens with zero attached hydrogens (tertiary/aromatic N) is 2. The molecule has 8 rings (SSSR count). The maximum absolute atomic E-state index is 12.1. The summed E-state index contributed by atoms with van der Waals surface area (Å²) in [6.45, 7) is -0.392. The molecule has 0 spiro atoms. The van der Waals surface area contributed by atoms with Gasteiger partial charge in [-0.3, -0.25) is 9.59 Å². The van der Waals surface area contributed by atoms with Crippen molar-refractivity contribution in [1.82, 2.24) is 0 Å². The molecule has 10 nitrogen and oxygen atoms in total. The molecule has 2 N–H and O–H groups in total. The van der Waals surface area contributed by atoms with E-state index in [9.17, 15) is 9.59 Å². The fraction of sp³-hybridized carbons (Fsp3) is 0.138. The van der Waals surface area contributed by atoms with Crippen molar-refractivity contribution in [2.24, 2.45) is 0 Å². The molecule has 0 bridgehead atoms. The summed E-state index contributed by atoms with van der Waals surface area (Å²) in [7, 11) is 0. The van der Waals surface area contributed by atoms with E-state index >= 15 is 0 Å². The van der Waals surface area contributed by atoms with Crippen LogP contribution >= 0.6 is 0 Å². The summed E-state index contributed by atoms with van der Waals surface area (Å²) >= 11 is 0. The van der Waals surface area contributed by atoms with Gasteiger partial charge in [0.1, 0.15) is 36.2 Å². The summed E-state index contributed by atoms with van der Waals surface area (Å²) in [5.41, 5.74) is 9.78. The van der Waals surface area contributed by atoms with E-state index in [1.54, 1.807) is 0 Å². The molecule has 0 aliphatic heterocycles. The summed E-state index contributed by atoms with van der Waals surface area (Å²) in [6, 6.07) is 68.6. The second-order valence-electron chi connectivity index (χ2n) is 15.8. The minimum absolute atomic E-state index is 0.000539. The molecule has 10 heteroatoms. The Labute approximate surface area is 396 Å². The molecule has 0 fully saturated rings. The minimum Gasteiger partial charge on any atom is -0.463 e. The van der Waals surface area contributed by atoms with Crippen LogP contribution in [-0.2, 0) is 31.9 Å². The number of esters is 2. The van der Waals surface area contributed by atoms with E-state index in [2.05, 4.69) is 82.6 Å². The fourth-order valence-electron chi connectivity index (χ4n) is 7.66. The van der Waals surface area contributed by atoms with Crippen LogP contribution < -0.4 is 19.3 Å². The first-order valence-electron chi connectivity index (χ1n) is 22.6. The molecule has 0 radical (unpaired) electrons. The van der Waals surface area contributed by atoms with Crippen LogP contribution in [0.5, 0.6) is 23.0 Å². The Morgan fingerprint density at radius 3 is 0.941 bits per heavy atom. The van der Waals surface area contributed by atoms with Crippen LogP contribution in [0.4, 0.5) is 34.1 Å². The van der Waals surface area contributed by atoms with Gasteiger partial charge < -0.3 is 39.0 Å². The van der Waals surface area contributed by atoms with Crippen molar-refractivity contribution in [1.29, 1.82) is 0 Å². The van der Waals surface area contributed by atoms with Gasteiger partial charge in [-0.1, -0.05) is 84.9 Å². The van der Waals surface area contributed by atoms with Crippen molar-refractivity contribution in [2.45, 2.75) is 25.7 Å². The number of carbonyl (C=O) groups is 2. The monoisotopic (exact) mass is 904 g/mol. The van der Waals surface area contributed by atoms with E-state index in [1.165, 1.54) is 0 Å². The summed E-state index contributed by atoms with van der Waals surface area (Å²) in [6.07, 6.45) is 1.50. The van der Waals surface area contributed by atoms with Gasteiger partial charge in [0.25, 0.3) is 0 Å². The zero-order valence-corrected chi connectivity index (χ0v) is 37.5. The van der Waals surface area contributed by atoms with Crippen LogP contribution in [0.2, 0.25) is 0 Å². The molecule has 0 saturated heterocycles. The Hall–Kier alpha value is -8.18. The van der Waals surface area contributed by atoms with Crippen LogP contribution in [0, 0.1) is 0 Å². The second-order valence-corrected chi connectivity index (χ2v) is 15.8. The van der Waals surface area contributed by atoms with Crippen LogP contribution in [0.1, 0.15) is 24.0 Å². The van der Waals surface area contributed by atoms with E-state index in [0.29, 0.717) is 12.8 Å². The largest absolute Gasteiger partial charge is 0.463 e. The smallest absolute Gasteiger partial charge is 0.306 e. The van der Waals surface area contributed by atoms with Crippen molar-refractivity contribution in [3.8, 4) is 34.1 Å². The first-order chi connectivity index (χ1) is 33.4. The molecule has 0 amide bonds. The summed E-state index contributed by atoms with van der Waals surface area (Å²) in [5, 5.41) is 18.0. The van der Waals surface area contributed by atoms with Gasteiger partial charge in [-0.2, -0.15) is 0 Å². The van der Waals surface area contributed by atoms with Gasteiger partial charge in [0.15, 0.2) is 0 Å². The lowest BCUT2D eigenvalue weighted by atomic mass is 10.0. The molecule has 0 unspecified atom stereocenters. The lowest BCUT2D eigenvalue weighted by Gasteiger charge is -2.26. The minimum atomic E-state index is -0.338. The average Bonchev–Trinajstić information content (AvgIpc) is 3.39. The lowest BCUT2D eigenvalue weighted by Crippen LogP contribution is -2.11. The highest BCUT2D eigenvalue weighted by atomic mass is 16.5. The third kappa shape index (κ3) is 12.6. The van der Waals surface area contributed by atoms with Crippen LogP contribution in [-0.4, -0.2) is 48.6 Å². The molecule has 8 aromatic rings. The molecule has 0 atom stereocenters. The summed E-state index contributed by atoms with van der Waals surface area (Å²) in [4.78, 5) is 28.6. The summed E-state index contributed by atoms with van der Waals surface area (Å²) < 4.78 is 22.3. The van der Waals surface area contributed by atoms with E-state index in [1.807, 2.05) is 133 Å². The number of aryl methyl sites for hydroxylation is 2. The van der Waals surface area contributed by atoms with E-state index in [4.69, 9.17) is 29.2 Å². The van der Waals surface area contributed by atoms with Gasteiger partial charge in [0, 0.05) is 47.0 Å². The fourth-order valence-corrected chi connectivity index (χ4v) is 7.66. The van der Waals surface area contributed by atoms with E-state index < -0.39 is 0 Å². The average molecular weight is 905 g/mol. The first-order valence-corrected chi connectivity index (χ1v) is 22.6. The van der Waals surface area contributed by atoms with Gasteiger partial charge in [-0.05, 0) is 156 Å². The number of aliphatic hydroxyl groups is 2. The number of hydrogen-bond acceptors (Lipinski definition) is 10. The highest BCUT2D eigenvalue weighted by Gasteiger charge is 2.17. The molecule has 0 aliphatic rings. The number of rotatable bonds is 21. The van der Waals surface area contributed by atoms with Crippen LogP contribution in [0.25, 0.3) is 11.1 Å². The quantitative estimate of drug-likeness (QED) is 0.0675. The molecule has 0 aliphatic carbocycles. The standard InChI is InChI=1S/C58H52N2O8/c61-39-41-65-57(63)37-15-43-11-21-47(22-12-43)59(51-29-33-55(34-30-51)67-53-7-3-1-4-8-53)49-25-17-45(18-26-49)46-19-27-50(28-20-46)60(48-23-13-44(14-24-48)16-38-58(64)66-42-40-62)52-31-35-56(36-32-52)68-54-9-5-2-6-10-54/h1-14,17-36,61-62H,15-16,37-42H2. The zero-order valence-electron chi connectivity index (χ0n) is 37.5. The van der Waals surface area contributed by atoms with Gasteiger partial charge in [-0.15, -0.1) is 0 Å². The zero-order chi connectivity index (χ0) is 46.9. The van der Waals surface area contributed by atoms with Crippen molar-refractivity contribution >= 4 is 46.1 Å². The molecule has 0 aromatic heterocycles. The van der Waals surface area contributed by atoms with E-state index in [-0.39, 0.29) is 51.2 Å².